The quantitative estimate of drug-likeness (QED) is 0.912. The highest BCUT2D eigenvalue weighted by Gasteiger charge is 2.03. The lowest BCUT2D eigenvalue weighted by Gasteiger charge is -2.09. The van der Waals surface area contributed by atoms with E-state index in [-0.39, 0.29) is 0 Å². The molecule has 0 bridgehead atoms. The Balaban J connectivity index is 2.29. The summed E-state index contributed by atoms with van der Waals surface area (Å²) < 4.78 is 6.05. The van der Waals surface area contributed by atoms with Crippen LogP contribution in [-0.2, 0) is 0 Å². The maximum absolute atomic E-state index is 5.84. The molecule has 0 amide bonds. The van der Waals surface area contributed by atoms with Gasteiger partial charge in [0.1, 0.15) is 0 Å². The highest BCUT2D eigenvalue weighted by atomic mass is 79.9. The van der Waals surface area contributed by atoms with Gasteiger partial charge in [0.2, 0.25) is 5.88 Å². The zero-order valence-corrected chi connectivity index (χ0v) is 10.9. The van der Waals surface area contributed by atoms with Crippen LogP contribution in [0.4, 0.5) is 17.2 Å². The van der Waals surface area contributed by atoms with E-state index in [0.29, 0.717) is 17.4 Å². The summed E-state index contributed by atoms with van der Waals surface area (Å²) in [5, 5.41) is 3.14. The van der Waals surface area contributed by atoms with Gasteiger partial charge in [-0.1, -0.05) is 22.0 Å². The Bertz CT molecular complexity index is 531. The predicted octanol–water partition coefficient (Wildman–Crippen LogP) is 3.18. The molecule has 5 heteroatoms. The summed E-state index contributed by atoms with van der Waals surface area (Å²) in [7, 11) is 1.57. The summed E-state index contributed by atoms with van der Waals surface area (Å²) in [6.45, 7) is 0. The molecule has 0 radical (unpaired) electrons. The molecular weight excluding hydrogens is 282 g/mol. The summed E-state index contributed by atoms with van der Waals surface area (Å²) in [5.41, 5.74) is 7.32. The maximum atomic E-state index is 5.84. The van der Waals surface area contributed by atoms with E-state index >= 15 is 0 Å². The number of methoxy groups -OCH3 is 1. The molecule has 0 aliphatic carbocycles. The van der Waals surface area contributed by atoms with E-state index < -0.39 is 0 Å². The third kappa shape index (κ3) is 2.88. The van der Waals surface area contributed by atoms with Crippen molar-refractivity contribution in [2.24, 2.45) is 0 Å². The first-order chi connectivity index (χ1) is 8.19. The molecule has 0 saturated carbocycles. The standard InChI is InChI=1S/C12H12BrN3O/c1-17-11-6-5-10(14)12(16-11)15-9-4-2-3-8(13)7-9/h2-7H,14H2,1H3,(H,15,16). The SMILES string of the molecule is COc1ccc(N)c(Nc2cccc(Br)c2)n1. The number of halogens is 1. The Morgan fingerprint density at radius 2 is 2.12 bits per heavy atom. The van der Waals surface area contributed by atoms with Crippen LogP contribution in [0, 0.1) is 0 Å². The summed E-state index contributed by atoms with van der Waals surface area (Å²) in [6.07, 6.45) is 0. The molecular formula is C12H12BrN3O. The molecule has 0 aliphatic rings. The van der Waals surface area contributed by atoms with Gasteiger partial charge in [0.15, 0.2) is 5.82 Å². The van der Waals surface area contributed by atoms with E-state index in [1.165, 1.54) is 0 Å². The van der Waals surface area contributed by atoms with Gasteiger partial charge in [-0.3, -0.25) is 0 Å². The van der Waals surface area contributed by atoms with Gasteiger partial charge in [0.05, 0.1) is 12.8 Å². The molecule has 3 N–H and O–H groups in total. The van der Waals surface area contributed by atoms with Gasteiger partial charge >= 0.3 is 0 Å². The third-order valence-electron chi connectivity index (χ3n) is 2.20. The molecule has 17 heavy (non-hydrogen) atoms. The third-order valence-corrected chi connectivity index (χ3v) is 2.69. The summed E-state index contributed by atoms with van der Waals surface area (Å²) in [5.74, 6) is 1.11. The Hall–Kier alpha value is -1.75. The summed E-state index contributed by atoms with van der Waals surface area (Å²) in [6, 6.07) is 11.2. The minimum absolute atomic E-state index is 0.525. The number of ether oxygens (including phenoxy) is 1. The average molecular weight is 294 g/mol. The fourth-order valence-electron chi connectivity index (χ4n) is 1.37. The van der Waals surface area contributed by atoms with Crippen molar-refractivity contribution in [3.63, 3.8) is 0 Å². The number of nitrogens with one attached hydrogen (secondary N) is 1. The maximum Gasteiger partial charge on any atom is 0.215 e. The van der Waals surface area contributed by atoms with Crippen molar-refractivity contribution in [3.8, 4) is 5.88 Å². The van der Waals surface area contributed by atoms with E-state index in [1.807, 2.05) is 24.3 Å². The smallest absolute Gasteiger partial charge is 0.215 e. The van der Waals surface area contributed by atoms with Crippen LogP contribution in [0.25, 0.3) is 0 Å². The number of rotatable bonds is 3. The Labute approximate surface area is 108 Å². The number of benzene rings is 1. The first-order valence-electron chi connectivity index (χ1n) is 5.02. The van der Waals surface area contributed by atoms with Crippen LogP contribution in [0.3, 0.4) is 0 Å². The molecule has 0 aliphatic heterocycles. The second-order valence-electron chi connectivity index (χ2n) is 3.43. The number of nitrogens with zero attached hydrogens (tertiary/aromatic N) is 1. The van der Waals surface area contributed by atoms with Crippen molar-refractivity contribution in [3.05, 3.63) is 40.9 Å². The fraction of sp³-hybridized carbons (Fsp3) is 0.0833. The lowest BCUT2D eigenvalue weighted by Crippen LogP contribution is -2.00. The Kier molecular flexibility index (Phi) is 3.49. The van der Waals surface area contributed by atoms with Gasteiger partial charge in [-0.25, -0.2) is 0 Å². The van der Waals surface area contributed by atoms with Gasteiger partial charge in [-0.2, -0.15) is 4.98 Å². The van der Waals surface area contributed by atoms with Crippen molar-refractivity contribution in [2.45, 2.75) is 0 Å². The zero-order valence-electron chi connectivity index (χ0n) is 9.27. The molecule has 1 heterocycles. The molecule has 1 aromatic carbocycles. The summed E-state index contributed by atoms with van der Waals surface area (Å²) >= 11 is 3.41. The largest absolute Gasteiger partial charge is 0.481 e. The zero-order chi connectivity index (χ0) is 12.3. The van der Waals surface area contributed by atoms with E-state index in [2.05, 4.69) is 26.2 Å². The van der Waals surface area contributed by atoms with Crippen LogP contribution in [0.1, 0.15) is 0 Å². The Morgan fingerprint density at radius 1 is 1.29 bits per heavy atom. The Morgan fingerprint density at radius 3 is 2.82 bits per heavy atom. The number of aromatic nitrogens is 1. The molecule has 0 spiro atoms. The van der Waals surface area contributed by atoms with E-state index in [4.69, 9.17) is 10.5 Å². The van der Waals surface area contributed by atoms with Crippen molar-refractivity contribution in [1.82, 2.24) is 4.98 Å². The number of nitrogen functional groups attached to an aromatic ring is 1. The normalized spacial score (nSPS) is 10.0. The molecule has 0 unspecified atom stereocenters. The number of hydrogen-bond acceptors (Lipinski definition) is 4. The molecule has 0 fully saturated rings. The monoisotopic (exact) mass is 293 g/mol. The van der Waals surface area contributed by atoms with Gasteiger partial charge < -0.3 is 15.8 Å². The molecule has 88 valence electrons. The lowest BCUT2D eigenvalue weighted by molar-refractivity contribution is 0.398. The van der Waals surface area contributed by atoms with Crippen LogP contribution >= 0.6 is 15.9 Å². The van der Waals surface area contributed by atoms with Crippen LogP contribution in [0.15, 0.2) is 40.9 Å². The van der Waals surface area contributed by atoms with E-state index in [1.54, 1.807) is 19.2 Å². The summed E-state index contributed by atoms with van der Waals surface area (Å²) in [4.78, 5) is 4.24. The molecule has 0 atom stereocenters. The number of anilines is 3. The molecule has 4 nitrogen and oxygen atoms in total. The topological polar surface area (TPSA) is 60.2 Å². The first-order valence-corrected chi connectivity index (χ1v) is 5.81. The second-order valence-corrected chi connectivity index (χ2v) is 4.34. The van der Waals surface area contributed by atoms with E-state index in [9.17, 15) is 0 Å². The van der Waals surface area contributed by atoms with Gasteiger partial charge in [-0.05, 0) is 24.3 Å². The minimum Gasteiger partial charge on any atom is -0.481 e. The van der Waals surface area contributed by atoms with Gasteiger partial charge in [0.25, 0.3) is 0 Å². The molecule has 2 rings (SSSR count). The van der Waals surface area contributed by atoms with Crippen LogP contribution in [0.5, 0.6) is 5.88 Å². The first kappa shape index (κ1) is 11.7. The van der Waals surface area contributed by atoms with Crippen LogP contribution < -0.4 is 15.8 Å². The highest BCUT2D eigenvalue weighted by molar-refractivity contribution is 9.10. The highest BCUT2D eigenvalue weighted by Crippen LogP contribution is 2.25. The van der Waals surface area contributed by atoms with Crippen LogP contribution in [0.2, 0.25) is 0 Å². The number of hydrogen-bond donors (Lipinski definition) is 2. The van der Waals surface area contributed by atoms with Crippen molar-refractivity contribution < 1.29 is 4.74 Å². The minimum atomic E-state index is 0.525. The average Bonchev–Trinajstić information content (AvgIpc) is 2.32. The lowest BCUT2D eigenvalue weighted by atomic mass is 10.3. The van der Waals surface area contributed by atoms with E-state index in [0.717, 1.165) is 10.2 Å². The number of nitrogens with two attached hydrogens (primary N) is 1. The fourth-order valence-corrected chi connectivity index (χ4v) is 1.77. The molecule has 2 aromatic rings. The number of pyridine rings is 1. The van der Waals surface area contributed by atoms with Crippen molar-refractivity contribution in [1.29, 1.82) is 0 Å². The van der Waals surface area contributed by atoms with Gasteiger partial charge in [-0.15, -0.1) is 0 Å². The predicted molar refractivity (Wildman–Crippen MR) is 72.6 cm³/mol. The van der Waals surface area contributed by atoms with Gasteiger partial charge in [0, 0.05) is 16.2 Å². The molecule has 1 aromatic heterocycles. The van der Waals surface area contributed by atoms with Crippen molar-refractivity contribution >= 4 is 33.1 Å². The molecule has 0 saturated heterocycles. The van der Waals surface area contributed by atoms with Crippen LogP contribution in [-0.4, -0.2) is 12.1 Å². The second kappa shape index (κ2) is 5.05. The van der Waals surface area contributed by atoms with Crippen molar-refractivity contribution in [2.75, 3.05) is 18.2 Å².